The van der Waals surface area contributed by atoms with E-state index in [-0.39, 0.29) is 24.4 Å². The summed E-state index contributed by atoms with van der Waals surface area (Å²) in [5.41, 5.74) is 1.51. The highest BCUT2D eigenvalue weighted by atomic mass is 16.5. The second kappa shape index (κ2) is 10.3. The van der Waals surface area contributed by atoms with Gasteiger partial charge in [0.05, 0.1) is 30.9 Å². The van der Waals surface area contributed by atoms with Crippen molar-refractivity contribution in [1.82, 2.24) is 0 Å². The summed E-state index contributed by atoms with van der Waals surface area (Å²) in [6.07, 6.45) is 1.47. The summed E-state index contributed by atoms with van der Waals surface area (Å²) in [4.78, 5) is 40.0. The fraction of sp³-hybridized carbons (Fsp3) is 0.304. The normalized spacial score (nSPS) is 12.9. The number of hydrogen-bond donors (Lipinski definition) is 0. The van der Waals surface area contributed by atoms with Crippen molar-refractivity contribution in [1.29, 1.82) is 5.26 Å². The average Bonchev–Trinajstić information content (AvgIpc) is 3.23. The van der Waals surface area contributed by atoms with Gasteiger partial charge in [0.2, 0.25) is 5.91 Å². The second-order valence-corrected chi connectivity index (χ2v) is 6.90. The molecule has 2 aromatic rings. The lowest BCUT2D eigenvalue weighted by molar-refractivity contribution is -0.121. The van der Waals surface area contributed by atoms with Crippen LogP contribution in [0.5, 0.6) is 5.75 Å². The van der Waals surface area contributed by atoms with Crippen LogP contribution < -0.4 is 14.5 Å². The number of amides is 2. The summed E-state index contributed by atoms with van der Waals surface area (Å²) in [7, 11) is 1.49. The molecule has 8 heteroatoms. The van der Waals surface area contributed by atoms with Crippen LogP contribution in [0, 0.1) is 11.3 Å². The topological polar surface area (TPSA) is 99.9 Å². The number of carbonyl (C=O) groups excluding carboxylic acids is 3. The molecular formula is C23H23N3O5. The predicted octanol–water partition coefficient (Wildman–Crippen LogP) is 2.93. The second-order valence-electron chi connectivity index (χ2n) is 6.90. The molecule has 0 bridgehead atoms. The molecule has 160 valence electrons. The van der Waals surface area contributed by atoms with Gasteiger partial charge < -0.3 is 19.3 Å². The fourth-order valence-electron chi connectivity index (χ4n) is 3.38. The third kappa shape index (κ3) is 5.20. The van der Waals surface area contributed by atoms with E-state index in [0.29, 0.717) is 24.4 Å². The standard InChI is InChI=1S/C23H23N3O5/c1-30-20-7-3-2-6-19(20)26(15-5-13-24)22(28)16-31-23(29)17-9-11-18(12-10-17)25-14-4-8-21(25)27/h2-3,6-7,9-12H,4-5,8,14-16H2,1H3. The summed E-state index contributed by atoms with van der Waals surface area (Å²) < 4.78 is 10.5. The van der Waals surface area contributed by atoms with Gasteiger partial charge in [-0.1, -0.05) is 12.1 Å². The largest absolute Gasteiger partial charge is 0.495 e. The van der Waals surface area contributed by atoms with Crippen molar-refractivity contribution in [3.8, 4) is 11.8 Å². The number of carbonyl (C=O) groups is 3. The van der Waals surface area contributed by atoms with E-state index in [1.54, 1.807) is 53.4 Å². The summed E-state index contributed by atoms with van der Waals surface area (Å²) in [5, 5.41) is 8.93. The molecule has 0 saturated carbocycles. The molecular weight excluding hydrogens is 398 g/mol. The highest BCUT2D eigenvalue weighted by Gasteiger charge is 2.23. The molecule has 8 nitrogen and oxygen atoms in total. The molecule has 3 rings (SSSR count). The molecule has 2 amide bonds. The lowest BCUT2D eigenvalue weighted by atomic mass is 10.2. The molecule has 0 unspecified atom stereocenters. The van der Waals surface area contributed by atoms with Gasteiger partial charge in [-0.25, -0.2) is 4.79 Å². The van der Waals surface area contributed by atoms with E-state index in [2.05, 4.69) is 0 Å². The van der Waals surface area contributed by atoms with Crippen LogP contribution in [0.15, 0.2) is 48.5 Å². The molecule has 1 saturated heterocycles. The Bertz CT molecular complexity index is 997. The predicted molar refractivity (Wildman–Crippen MR) is 114 cm³/mol. The third-order valence-corrected chi connectivity index (χ3v) is 4.94. The number of para-hydroxylation sites is 2. The third-order valence-electron chi connectivity index (χ3n) is 4.94. The van der Waals surface area contributed by atoms with Crippen LogP contribution in [0.4, 0.5) is 11.4 Å². The first kappa shape index (κ1) is 21.8. The molecule has 1 fully saturated rings. The number of nitriles is 1. The molecule has 2 aromatic carbocycles. The zero-order valence-corrected chi connectivity index (χ0v) is 17.2. The number of benzene rings is 2. The van der Waals surface area contributed by atoms with E-state index in [9.17, 15) is 14.4 Å². The Hall–Kier alpha value is -3.86. The van der Waals surface area contributed by atoms with Crippen molar-refractivity contribution in [3.05, 3.63) is 54.1 Å². The van der Waals surface area contributed by atoms with Gasteiger partial charge >= 0.3 is 5.97 Å². The van der Waals surface area contributed by atoms with E-state index in [1.165, 1.54) is 12.0 Å². The van der Waals surface area contributed by atoms with Crippen LogP contribution in [0.2, 0.25) is 0 Å². The summed E-state index contributed by atoms with van der Waals surface area (Å²) in [5.74, 6) is -0.567. The van der Waals surface area contributed by atoms with Crippen molar-refractivity contribution < 1.29 is 23.9 Å². The van der Waals surface area contributed by atoms with Crippen LogP contribution in [-0.4, -0.2) is 44.6 Å². The summed E-state index contributed by atoms with van der Waals surface area (Å²) in [6.45, 7) is 0.332. The zero-order valence-electron chi connectivity index (χ0n) is 17.2. The van der Waals surface area contributed by atoms with Crippen LogP contribution in [0.25, 0.3) is 0 Å². The van der Waals surface area contributed by atoms with Crippen molar-refractivity contribution in [3.63, 3.8) is 0 Å². The van der Waals surface area contributed by atoms with Crippen molar-refractivity contribution >= 4 is 29.2 Å². The number of anilines is 2. The Balaban J connectivity index is 1.65. The minimum atomic E-state index is -0.645. The van der Waals surface area contributed by atoms with Gasteiger partial charge in [-0.15, -0.1) is 0 Å². The number of ether oxygens (including phenoxy) is 2. The molecule has 0 aromatic heterocycles. The molecule has 0 atom stereocenters. The molecule has 1 heterocycles. The van der Waals surface area contributed by atoms with Crippen LogP contribution in [-0.2, 0) is 14.3 Å². The Morgan fingerprint density at radius 2 is 1.90 bits per heavy atom. The Kier molecular flexibility index (Phi) is 7.22. The van der Waals surface area contributed by atoms with Crippen molar-refractivity contribution in [2.75, 3.05) is 36.6 Å². The first-order valence-electron chi connectivity index (χ1n) is 9.93. The minimum absolute atomic E-state index is 0.0646. The first-order chi connectivity index (χ1) is 15.0. The van der Waals surface area contributed by atoms with E-state index in [1.807, 2.05) is 6.07 Å². The van der Waals surface area contributed by atoms with E-state index < -0.39 is 18.5 Å². The number of nitrogens with zero attached hydrogens (tertiary/aromatic N) is 3. The van der Waals surface area contributed by atoms with Crippen LogP contribution in [0.3, 0.4) is 0 Å². The molecule has 1 aliphatic rings. The van der Waals surface area contributed by atoms with E-state index >= 15 is 0 Å². The maximum absolute atomic E-state index is 12.8. The summed E-state index contributed by atoms with van der Waals surface area (Å²) >= 11 is 0. The molecule has 31 heavy (non-hydrogen) atoms. The summed E-state index contributed by atoms with van der Waals surface area (Å²) in [6, 6.07) is 15.5. The van der Waals surface area contributed by atoms with Crippen LogP contribution in [0.1, 0.15) is 29.6 Å². The van der Waals surface area contributed by atoms with Crippen molar-refractivity contribution in [2.24, 2.45) is 0 Å². The van der Waals surface area contributed by atoms with Gasteiger partial charge in [0.1, 0.15) is 5.75 Å². The van der Waals surface area contributed by atoms with Gasteiger partial charge in [0.25, 0.3) is 5.91 Å². The van der Waals surface area contributed by atoms with E-state index in [4.69, 9.17) is 14.7 Å². The van der Waals surface area contributed by atoms with Gasteiger partial charge in [-0.05, 0) is 42.8 Å². The van der Waals surface area contributed by atoms with Gasteiger partial charge in [0.15, 0.2) is 6.61 Å². The lowest BCUT2D eigenvalue weighted by Crippen LogP contribution is -2.35. The number of esters is 1. The number of hydrogen-bond acceptors (Lipinski definition) is 6. The van der Waals surface area contributed by atoms with Crippen LogP contribution >= 0.6 is 0 Å². The van der Waals surface area contributed by atoms with E-state index in [0.717, 1.165) is 12.1 Å². The zero-order chi connectivity index (χ0) is 22.2. The minimum Gasteiger partial charge on any atom is -0.495 e. The quantitative estimate of drug-likeness (QED) is 0.608. The Morgan fingerprint density at radius 3 is 2.55 bits per heavy atom. The van der Waals surface area contributed by atoms with Gasteiger partial charge in [0, 0.05) is 25.2 Å². The number of methoxy groups -OCH3 is 1. The SMILES string of the molecule is COc1ccccc1N(CCC#N)C(=O)COC(=O)c1ccc(N2CCCC2=O)cc1. The molecule has 0 radical (unpaired) electrons. The highest BCUT2D eigenvalue weighted by molar-refractivity contribution is 5.99. The Morgan fingerprint density at radius 1 is 1.16 bits per heavy atom. The maximum atomic E-state index is 12.8. The smallest absolute Gasteiger partial charge is 0.338 e. The molecule has 1 aliphatic heterocycles. The van der Waals surface area contributed by atoms with Crippen molar-refractivity contribution in [2.45, 2.75) is 19.3 Å². The van der Waals surface area contributed by atoms with Gasteiger partial charge in [-0.2, -0.15) is 5.26 Å². The van der Waals surface area contributed by atoms with Gasteiger partial charge in [-0.3, -0.25) is 9.59 Å². The molecule has 0 aliphatic carbocycles. The molecule has 0 N–H and O–H groups in total. The number of rotatable bonds is 8. The average molecular weight is 421 g/mol. The monoisotopic (exact) mass is 421 g/mol. The fourth-order valence-corrected chi connectivity index (χ4v) is 3.38. The molecule has 0 spiro atoms. The Labute approximate surface area is 180 Å². The lowest BCUT2D eigenvalue weighted by Gasteiger charge is -2.23. The maximum Gasteiger partial charge on any atom is 0.338 e. The first-order valence-corrected chi connectivity index (χ1v) is 9.93. The highest BCUT2D eigenvalue weighted by Crippen LogP contribution is 2.28.